The van der Waals surface area contributed by atoms with Crippen LogP contribution < -0.4 is 0 Å². The van der Waals surface area contributed by atoms with Crippen LogP contribution in [0.2, 0.25) is 0 Å². The van der Waals surface area contributed by atoms with Crippen LogP contribution in [0.25, 0.3) is 53.9 Å². The molecule has 0 heteroatoms. The molecule has 0 fully saturated rings. The molecule has 0 radical (unpaired) electrons. The summed E-state index contributed by atoms with van der Waals surface area (Å²) in [5.41, 5.74) is 0. The van der Waals surface area contributed by atoms with E-state index in [1.165, 1.54) is 53.9 Å². The van der Waals surface area contributed by atoms with Crippen molar-refractivity contribution in [2.24, 2.45) is 0 Å². The molecule has 0 saturated carbocycles. The zero-order valence-electron chi connectivity index (χ0n) is 17.7. The SMILES string of the molecule is c1ccc2c(c1)c1ccccc1c1ccccc21.c1ccc2cc3ccccc3cc2c1. The average molecular weight is 407 g/mol. The van der Waals surface area contributed by atoms with Crippen molar-refractivity contribution in [3.05, 3.63) is 133 Å². The summed E-state index contributed by atoms with van der Waals surface area (Å²) in [5.74, 6) is 0. The van der Waals surface area contributed by atoms with E-state index in [1.54, 1.807) is 0 Å². The molecule has 0 aliphatic carbocycles. The van der Waals surface area contributed by atoms with Gasteiger partial charge in [-0.3, -0.25) is 0 Å². The largest absolute Gasteiger partial charge is 0.0616 e. The lowest BCUT2D eigenvalue weighted by atomic mass is 9.95. The molecule has 0 bridgehead atoms. The Hall–Kier alpha value is -4.16. The van der Waals surface area contributed by atoms with Gasteiger partial charge in [-0.05, 0) is 66.0 Å². The lowest BCUT2D eigenvalue weighted by Crippen LogP contribution is -1.81. The van der Waals surface area contributed by atoms with Crippen LogP contribution in [0, 0.1) is 0 Å². The molecule has 0 atom stereocenters. The molecule has 7 aromatic rings. The lowest BCUT2D eigenvalue weighted by molar-refractivity contribution is 1.76. The molecule has 0 heterocycles. The normalized spacial score (nSPS) is 11.1. The van der Waals surface area contributed by atoms with E-state index in [4.69, 9.17) is 0 Å². The first-order valence-electron chi connectivity index (χ1n) is 11.0. The second-order valence-electron chi connectivity index (χ2n) is 8.18. The fraction of sp³-hybridized carbons (Fsp3) is 0. The zero-order chi connectivity index (χ0) is 21.3. The van der Waals surface area contributed by atoms with Crippen molar-refractivity contribution in [2.45, 2.75) is 0 Å². The van der Waals surface area contributed by atoms with Gasteiger partial charge in [0.15, 0.2) is 0 Å². The maximum absolute atomic E-state index is 2.24. The minimum absolute atomic E-state index is 1.31. The van der Waals surface area contributed by atoms with Gasteiger partial charge in [0.05, 0.1) is 0 Å². The van der Waals surface area contributed by atoms with Crippen LogP contribution in [0.4, 0.5) is 0 Å². The first kappa shape index (κ1) is 18.6. The minimum atomic E-state index is 1.31. The third-order valence-corrected chi connectivity index (χ3v) is 6.27. The Morgan fingerprint density at radius 2 is 0.406 bits per heavy atom. The van der Waals surface area contributed by atoms with Crippen molar-refractivity contribution in [1.82, 2.24) is 0 Å². The van der Waals surface area contributed by atoms with E-state index in [2.05, 4.69) is 133 Å². The molecule has 32 heavy (non-hydrogen) atoms. The highest BCUT2D eigenvalue weighted by atomic mass is 14.1. The van der Waals surface area contributed by atoms with E-state index >= 15 is 0 Å². The van der Waals surface area contributed by atoms with Crippen LogP contribution in [-0.4, -0.2) is 0 Å². The summed E-state index contributed by atoms with van der Waals surface area (Å²) >= 11 is 0. The number of benzene rings is 7. The van der Waals surface area contributed by atoms with Crippen molar-refractivity contribution < 1.29 is 0 Å². The summed E-state index contributed by atoms with van der Waals surface area (Å²) in [6.45, 7) is 0. The van der Waals surface area contributed by atoms with Gasteiger partial charge in [0.25, 0.3) is 0 Å². The molecule has 0 nitrogen and oxygen atoms in total. The third kappa shape index (κ3) is 3.18. The van der Waals surface area contributed by atoms with Crippen LogP contribution in [0.3, 0.4) is 0 Å². The molecule has 0 saturated heterocycles. The molecular weight excluding hydrogens is 384 g/mol. The number of fused-ring (bicyclic) bond motifs is 8. The highest BCUT2D eigenvalue weighted by Gasteiger charge is 2.06. The van der Waals surface area contributed by atoms with Crippen LogP contribution in [0.15, 0.2) is 133 Å². The predicted molar refractivity (Wildman–Crippen MR) is 140 cm³/mol. The van der Waals surface area contributed by atoms with Gasteiger partial charge in [-0.2, -0.15) is 0 Å². The van der Waals surface area contributed by atoms with Crippen molar-refractivity contribution in [2.75, 3.05) is 0 Å². The Kier molecular flexibility index (Phi) is 4.55. The Morgan fingerprint density at radius 3 is 0.625 bits per heavy atom. The topological polar surface area (TPSA) is 0 Å². The second-order valence-corrected chi connectivity index (χ2v) is 8.18. The highest BCUT2D eigenvalue weighted by Crippen LogP contribution is 2.34. The van der Waals surface area contributed by atoms with E-state index in [-0.39, 0.29) is 0 Å². The number of hydrogen-bond donors (Lipinski definition) is 0. The summed E-state index contributed by atoms with van der Waals surface area (Å²) in [6.07, 6.45) is 0. The van der Waals surface area contributed by atoms with Crippen LogP contribution >= 0.6 is 0 Å². The molecule has 0 N–H and O–H groups in total. The summed E-state index contributed by atoms with van der Waals surface area (Å²) in [6, 6.07) is 47.4. The van der Waals surface area contributed by atoms with Crippen LogP contribution in [0.1, 0.15) is 0 Å². The quantitative estimate of drug-likeness (QED) is 0.174. The fourth-order valence-corrected chi connectivity index (χ4v) is 4.74. The molecule has 0 amide bonds. The fourth-order valence-electron chi connectivity index (χ4n) is 4.74. The molecule has 150 valence electrons. The lowest BCUT2D eigenvalue weighted by Gasteiger charge is -2.09. The summed E-state index contributed by atoms with van der Waals surface area (Å²) in [5, 5.41) is 13.3. The predicted octanol–water partition coefficient (Wildman–Crippen LogP) is 9.14. The van der Waals surface area contributed by atoms with Crippen molar-refractivity contribution in [3.8, 4) is 0 Å². The molecule has 0 aromatic heterocycles. The smallest absolute Gasteiger partial charge is 0.00990 e. The first-order valence-corrected chi connectivity index (χ1v) is 11.0. The number of hydrogen-bond acceptors (Lipinski definition) is 0. The second kappa shape index (κ2) is 7.83. The van der Waals surface area contributed by atoms with Gasteiger partial charge in [-0.15, -0.1) is 0 Å². The van der Waals surface area contributed by atoms with E-state index < -0.39 is 0 Å². The highest BCUT2D eigenvalue weighted by molar-refractivity contribution is 6.25. The summed E-state index contributed by atoms with van der Waals surface area (Å²) in [7, 11) is 0. The molecule has 0 spiro atoms. The minimum Gasteiger partial charge on any atom is -0.0616 e. The van der Waals surface area contributed by atoms with Gasteiger partial charge in [-0.1, -0.05) is 121 Å². The van der Waals surface area contributed by atoms with Crippen LogP contribution in [-0.2, 0) is 0 Å². The molecule has 0 aliphatic heterocycles. The van der Waals surface area contributed by atoms with Gasteiger partial charge in [0.2, 0.25) is 0 Å². The average Bonchev–Trinajstić information content (AvgIpc) is 2.88. The van der Waals surface area contributed by atoms with Crippen molar-refractivity contribution >= 4 is 53.9 Å². The molecule has 7 aromatic carbocycles. The summed E-state index contributed by atoms with van der Waals surface area (Å²) < 4.78 is 0. The zero-order valence-corrected chi connectivity index (χ0v) is 17.7. The van der Waals surface area contributed by atoms with Gasteiger partial charge in [0.1, 0.15) is 0 Å². The Bertz CT molecular complexity index is 1400. The van der Waals surface area contributed by atoms with Crippen LogP contribution in [0.5, 0.6) is 0 Å². The third-order valence-electron chi connectivity index (χ3n) is 6.27. The Morgan fingerprint density at radius 1 is 0.219 bits per heavy atom. The molecular formula is C32H22. The maximum Gasteiger partial charge on any atom is -0.00990 e. The monoisotopic (exact) mass is 406 g/mol. The van der Waals surface area contributed by atoms with Crippen molar-refractivity contribution in [3.63, 3.8) is 0 Å². The molecule has 0 aliphatic rings. The standard InChI is InChI=1S/C18H12.C14H10/c1-2-8-14-13(7-1)15-9-3-4-11-17(15)18-12-6-5-10-16(14)18;1-2-6-12-10-14-8-4-3-7-13(14)9-11(12)5-1/h1-12H;1-10H. The Balaban J connectivity index is 0.000000126. The molecule has 7 rings (SSSR count). The first-order chi connectivity index (χ1) is 15.9. The van der Waals surface area contributed by atoms with Gasteiger partial charge in [0, 0.05) is 0 Å². The van der Waals surface area contributed by atoms with E-state index in [0.29, 0.717) is 0 Å². The van der Waals surface area contributed by atoms with Crippen molar-refractivity contribution in [1.29, 1.82) is 0 Å². The van der Waals surface area contributed by atoms with E-state index in [1.807, 2.05) is 0 Å². The Labute approximate surface area is 187 Å². The molecule has 0 unspecified atom stereocenters. The maximum atomic E-state index is 2.24. The number of rotatable bonds is 0. The summed E-state index contributed by atoms with van der Waals surface area (Å²) in [4.78, 5) is 0. The van der Waals surface area contributed by atoms with E-state index in [9.17, 15) is 0 Å². The van der Waals surface area contributed by atoms with E-state index in [0.717, 1.165) is 0 Å². The van der Waals surface area contributed by atoms with Gasteiger partial charge in [-0.25, -0.2) is 0 Å². The van der Waals surface area contributed by atoms with Gasteiger partial charge < -0.3 is 0 Å². The van der Waals surface area contributed by atoms with Gasteiger partial charge >= 0.3 is 0 Å².